The van der Waals surface area contributed by atoms with Crippen LogP contribution in [0.15, 0.2) is 6.33 Å². The number of halogens is 2. The first-order chi connectivity index (χ1) is 8.00. The number of rotatable bonds is 5. The first-order valence-electron chi connectivity index (χ1n) is 4.26. The van der Waals surface area contributed by atoms with Crippen molar-refractivity contribution in [2.45, 2.75) is 0 Å². The molecule has 0 bridgehead atoms. The minimum Gasteiger partial charge on any atom is -0.481 e. The molecular formula is C8H7Cl2N3O3S. The molecule has 0 unspecified atom stereocenters. The van der Waals surface area contributed by atoms with Crippen LogP contribution < -0.4 is 5.32 Å². The molecule has 1 rings (SSSR count). The SMILES string of the molecule is O=C(O)CSCC(=O)Nc1ncnc(Cl)c1Cl. The van der Waals surface area contributed by atoms with Gasteiger partial charge >= 0.3 is 5.97 Å². The highest BCUT2D eigenvalue weighted by Gasteiger charge is 2.11. The van der Waals surface area contributed by atoms with Crippen LogP contribution in [0.4, 0.5) is 5.82 Å². The predicted octanol–water partition coefficient (Wildman–Crippen LogP) is 1.54. The van der Waals surface area contributed by atoms with Gasteiger partial charge in [0.25, 0.3) is 0 Å². The Kier molecular flexibility index (Phi) is 5.46. The zero-order valence-corrected chi connectivity index (χ0v) is 10.6. The molecule has 2 N–H and O–H groups in total. The van der Waals surface area contributed by atoms with Crippen molar-refractivity contribution in [3.63, 3.8) is 0 Å². The molecule has 0 radical (unpaired) electrons. The van der Waals surface area contributed by atoms with Crippen LogP contribution in [0.1, 0.15) is 0 Å². The van der Waals surface area contributed by atoms with E-state index in [-0.39, 0.29) is 27.5 Å². The number of aromatic nitrogens is 2. The van der Waals surface area contributed by atoms with Crippen LogP contribution in [-0.2, 0) is 9.59 Å². The van der Waals surface area contributed by atoms with Crippen molar-refractivity contribution >= 4 is 52.7 Å². The van der Waals surface area contributed by atoms with Crippen LogP contribution in [0.25, 0.3) is 0 Å². The molecule has 1 aromatic heterocycles. The molecule has 0 aliphatic heterocycles. The third-order valence-corrected chi connectivity index (χ3v) is 3.12. The number of amides is 1. The van der Waals surface area contributed by atoms with E-state index in [1.54, 1.807) is 0 Å². The fourth-order valence-corrected chi connectivity index (χ4v) is 1.65. The van der Waals surface area contributed by atoms with E-state index in [0.29, 0.717) is 0 Å². The maximum Gasteiger partial charge on any atom is 0.313 e. The van der Waals surface area contributed by atoms with Crippen molar-refractivity contribution in [3.8, 4) is 0 Å². The van der Waals surface area contributed by atoms with Gasteiger partial charge in [0, 0.05) is 0 Å². The van der Waals surface area contributed by atoms with Crippen LogP contribution in [0.2, 0.25) is 10.2 Å². The van der Waals surface area contributed by atoms with Gasteiger partial charge in [-0.3, -0.25) is 9.59 Å². The molecule has 9 heteroatoms. The first kappa shape index (κ1) is 14.0. The van der Waals surface area contributed by atoms with Crippen LogP contribution in [0.5, 0.6) is 0 Å². The third kappa shape index (κ3) is 4.76. The number of thioether (sulfide) groups is 1. The summed E-state index contributed by atoms with van der Waals surface area (Å²) in [5.74, 6) is -1.44. The van der Waals surface area contributed by atoms with Crippen molar-refractivity contribution in [3.05, 3.63) is 16.5 Å². The first-order valence-corrected chi connectivity index (χ1v) is 6.17. The number of carboxylic acid groups (broad SMARTS) is 1. The lowest BCUT2D eigenvalue weighted by Gasteiger charge is -2.05. The Bertz CT molecular complexity index is 444. The summed E-state index contributed by atoms with van der Waals surface area (Å²) in [5.41, 5.74) is 0. The maximum absolute atomic E-state index is 11.4. The summed E-state index contributed by atoms with van der Waals surface area (Å²) in [5, 5.41) is 10.9. The third-order valence-electron chi connectivity index (χ3n) is 1.46. The van der Waals surface area contributed by atoms with E-state index in [9.17, 15) is 9.59 Å². The lowest BCUT2D eigenvalue weighted by atomic mass is 10.5. The van der Waals surface area contributed by atoms with E-state index in [1.165, 1.54) is 0 Å². The number of hydrogen-bond donors (Lipinski definition) is 2. The average Bonchev–Trinajstić information content (AvgIpc) is 2.24. The van der Waals surface area contributed by atoms with Crippen molar-refractivity contribution in [1.82, 2.24) is 9.97 Å². The lowest BCUT2D eigenvalue weighted by molar-refractivity contribution is -0.133. The second-order valence-corrected chi connectivity index (χ2v) is 4.48. The molecule has 0 aromatic carbocycles. The van der Waals surface area contributed by atoms with E-state index in [0.717, 1.165) is 18.1 Å². The normalized spacial score (nSPS) is 10.0. The zero-order valence-electron chi connectivity index (χ0n) is 8.31. The van der Waals surface area contributed by atoms with E-state index < -0.39 is 11.9 Å². The van der Waals surface area contributed by atoms with Gasteiger partial charge in [-0.2, -0.15) is 0 Å². The van der Waals surface area contributed by atoms with Gasteiger partial charge in [-0.1, -0.05) is 23.2 Å². The van der Waals surface area contributed by atoms with E-state index in [1.807, 2.05) is 0 Å². The molecule has 0 aliphatic carbocycles. The van der Waals surface area contributed by atoms with Gasteiger partial charge in [0.05, 0.1) is 11.5 Å². The summed E-state index contributed by atoms with van der Waals surface area (Å²) in [6.45, 7) is 0. The van der Waals surface area contributed by atoms with E-state index in [2.05, 4.69) is 15.3 Å². The van der Waals surface area contributed by atoms with Crippen LogP contribution in [0, 0.1) is 0 Å². The molecule has 0 spiro atoms. The number of anilines is 1. The van der Waals surface area contributed by atoms with Gasteiger partial charge in [0.2, 0.25) is 5.91 Å². The Labute approximate surface area is 111 Å². The Morgan fingerprint density at radius 3 is 2.71 bits per heavy atom. The van der Waals surface area contributed by atoms with Gasteiger partial charge in [0.15, 0.2) is 11.0 Å². The molecule has 0 saturated heterocycles. The second-order valence-electron chi connectivity index (χ2n) is 2.76. The number of nitrogens with one attached hydrogen (secondary N) is 1. The number of hydrogen-bond acceptors (Lipinski definition) is 5. The molecule has 17 heavy (non-hydrogen) atoms. The number of carbonyl (C=O) groups is 2. The molecule has 0 atom stereocenters. The standard InChI is InChI=1S/C8H7Cl2N3O3S/c9-6-7(10)11-3-12-8(6)13-4(14)1-17-2-5(15)16/h3H,1-2H2,(H,15,16)(H,11,12,13,14). The summed E-state index contributed by atoms with van der Waals surface area (Å²) in [6.07, 6.45) is 1.16. The number of carboxylic acids is 1. The van der Waals surface area contributed by atoms with Crippen molar-refractivity contribution in [2.24, 2.45) is 0 Å². The van der Waals surface area contributed by atoms with E-state index in [4.69, 9.17) is 28.3 Å². The molecule has 1 heterocycles. The van der Waals surface area contributed by atoms with Crippen molar-refractivity contribution in [1.29, 1.82) is 0 Å². The Hall–Kier alpha value is -1.05. The Balaban J connectivity index is 2.51. The summed E-state index contributed by atoms with van der Waals surface area (Å²) in [7, 11) is 0. The number of aliphatic carboxylic acids is 1. The molecule has 1 aromatic rings. The highest BCUT2D eigenvalue weighted by atomic mass is 35.5. The Morgan fingerprint density at radius 2 is 2.06 bits per heavy atom. The fourth-order valence-electron chi connectivity index (χ4n) is 0.835. The molecule has 6 nitrogen and oxygen atoms in total. The highest BCUT2D eigenvalue weighted by Crippen LogP contribution is 2.25. The van der Waals surface area contributed by atoms with Crippen LogP contribution >= 0.6 is 35.0 Å². The summed E-state index contributed by atoms with van der Waals surface area (Å²) in [6, 6.07) is 0. The summed E-state index contributed by atoms with van der Waals surface area (Å²) < 4.78 is 0. The fraction of sp³-hybridized carbons (Fsp3) is 0.250. The summed E-state index contributed by atoms with van der Waals surface area (Å²) in [4.78, 5) is 29.0. The quantitative estimate of drug-likeness (QED) is 0.801. The molecule has 0 saturated carbocycles. The van der Waals surface area contributed by atoms with Gasteiger partial charge < -0.3 is 10.4 Å². The topological polar surface area (TPSA) is 92.2 Å². The Morgan fingerprint density at radius 1 is 1.35 bits per heavy atom. The second kappa shape index (κ2) is 6.63. The van der Waals surface area contributed by atoms with Gasteiger partial charge in [-0.15, -0.1) is 11.8 Å². The van der Waals surface area contributed by atoms with Crippen molar-refractivity contribution in [2.75, 3.05) is 16.8 Å². The monoisotopic (exact) mass is 295 g/mol. The van der Waals surface area contributed by atoms with E-state index >= 15 is 0 Å². The molecule has 92 valence electrons. The van der Waals surface area contributed by atoms with Gasteiger partial charge in [-0.05, 0) is 0 Å². The average molecular weight is 296 g/mol. The number of nitrogens with zero attached hydrogens (tertiary/aromatic N) is 2. The molecule has 0 aliphatic rings. The van der Waals surface area contributed by atoms with Crippen LogP contribution in [-0.4, -0.2) is 38.5 Å². The van der Waals surface area contributed by atoms with Gasteiger partial charge in [-0.25, -0.2) is 9.97 Å². The molecule has 0 fully saturated rings. The zero-order chi connectivity index (χ0) is 12.8. The highest BCUT2D eigenvalue weighted by molar-refractivity contribution is 8.00. The van der Waals surface area contributed by atoms with Crippen LogP contribution in [0.3, 0.4) is 0 Å². The minimum absolute atomic E-state index is 0.00967. The summed E-state index contributed by atoms with van der Waals surface area (Å²) >= 11 is 12.3. The largest absolute Gasteiger partial charge is 0.481 e. The number of carbonyl (C=O) groups excluding carboxylic acids is 1. The predicted molar refractivity (Wildman–Crippen MR) is 65.6 cm³/mol. The maximum atomic E-state index is 11.4. The smallest absolute Gasteiger partial charge is 0.313 e. The van der Waals surface area contributed by atoms with Crippen molar-refractivity contribution < 1.29 is 14.7 Å². The minimum atomic E-state index is -0.981. The van der Waals surface area contributed by atoms with Gasteiger partial charge in [0.1, 0.15) is 11.3 Å². The molecule has 1 amide bonds. The molecular weight excluding hydrogens is 289 g/mol. The lowest BCUT2D eigenvalue weighted by Crippen LogP contribution is -2.16.